The second-order valence-corrected chi connectivity index (χ2v) is 8.72. The molecule has 2 aromatic rings. The molecule has 25 heavy (non-hydrogen) atoms. The van der Waals surface area contributed by atoms with Gasteiger partial charge in [0.2, 0.25) is 15.9 Å². The van der Waals surface area contributed by atoms with Crippen molar-refractivity contribution in [2.24, 2.45) is 0 Å². The van der Waals surface area contributed by atoms with Crippen LogP contribution in [-0.2, 0) is 14.8 Å². The molecule has 2 N–H and O–H groups in total. The smallest absolute Gasteiger partial charge is 0.244 e. The van der Waals surface area contributed by atoms with Crippen LogP contribution in [0.4, 0.5) is 5.13 Å². The van der Waals surface area contributed by atoms with Crippen LogP contribution < -0.4 is 10.0 Å². The quantitative estimate of drug-likeness (QED) is 0.833. The van der Waals surface area contributed by atoms with Crippen molar-refractivity contribution in [3.8, 4) is 0 Å². The third-order valence-electron chi connectivity index (χ3n) is 4.14. The van der Waals surface area contributed by atoms with E-state index in [1.54, 1.807) is 13.8 Å². The lowest BCUT2D eigenvalue weighted by Crippen LogP contribution is -2.42. The molecule has 1 aromatic carbocycles. The molecule has 0 bridgehead atoms. The van der Waals surface area contributed by atoms with Crippen molar-refractivity contribution in [3.63, 3.8) is 0 Å². The van der Waals surface area contributed by atoms with Gasteiger partial charge in [-0.2, -0.15) is 4.72 Å². The maximum Gasteiger partial charge on any atom is 0.244 e. The molecule has 0 aliphatic heterocycles. The fraction of sp³-hybridized carbons (Fsp3) is 0.412. The maximum atomic E-state index is 12.8. The van der Waals surface area contributed by atoms with E-state index in [2.05, 4.69) is 15.0 Å². The van der Waals surface area contributed by atoms with Crippen LogP contribution >= 0.6 is 11.3 Å². The van der Waals surface area contributed by atoms with Gasteiger partial charge in [-0.3, -0.25) is 4.79 Å². The van der Waals surface area contributed by atoms with Crippen LogP contribution in [0.5, 0.6) is 0 Å². The monoisotopic (exact) mass is 381 g/mol. The van der Waals surface area contributed by atoms with Crippen LogP contribution in [-0.4, -0.2) is 25.4 Å². The molecule has 0 saturated carbocycles. The molecule has 0 aliphatic rings. The predicted molar refractivity (Wildman–Crippen MR) is 101 cm³/mol. The Morgan fingerprint density at radius 3 is 2.16 bits per heavy atom. The first-order chi connectivity index (χ1) is 11.5. The number of carbonyl (C=O) groups excluding carboxylic acids is 1. The van der Waals surface area contributed by atoms with Gasteiger partial charge < -0.3 is 5.32 Å². The van der Waals surface area contributed by atoms with E-state index in [0.717, 1.165) is 16.8 Å². The molecule has 1 aromatic heterocycles. The summed E-state index contributed by atoms with van der Waals surface area (Å²) in [4.78, 5) is 16.7. The lowest BCUT2D eigenvalue weighted by Gasteiger charge is -2.18. The Morgan fingerprint density at radius 2 is 1.68 bits per heavy atom. The third-order valence-corrected chi connectivity index (χ3v) is 6.83. The van der Waals surface area contributed by atoms with Gasteiger partial charge in [-0.1, -0.05) is 6.07 Å². The summed E-state index contributed by atoms with van der Waals surface area (Å²) in [6, 6.07) is 1.04. The zero-order valence-electron chi connectivity index (χ0n) is 15.2. The van der Waals surface area contributed by atoms with Crippen LogP contribution in [0.2, 0.25) is 0 Å². The molecule has 0 unspecified atom stereocenters. The SMILES string of the molecule is Cc1csc(NC(=O)[C@@H](C)NS(=O)(=O)c2c(C)c(C)cc(C)c2C)n1. The average molecular weight is 382 g/mol. The molecule has 0 spiro atoms. The number of aryl methyl sites for hydroxylation is 3. The number of benzene rings is 1. The number of carbonyl (C=O) groups is 1. The zero-order valence-corrected chi connectivity index (χ0v) is 16.9. The van der Waals surface area contributed by atoms with Gasteiger partial charge in [0, 0.05) is 5.38 Å². The Hall–Kier alpha value is -1.77. The van der Waals surface area contributed by atoms with E-state index in [1.165, 1.54) is 18.3 Å². The molecule has 0 fully saturated rings. The predicted octanol–water partition coefficient (Wildman–Crippen LogP) is 2.99. The summed E-state index contributed by atoms with van der Waals surface area (Å²) < 4.78 is 28.2. The largest absolute Gasteiger partial charge is 0.301 e. The van der Waals surface area contributed by atoms with Crippen LogP contribution in [0.15, 0.2) is 16.3 Å². The lowest BCUT2D eigenvalue weighted by molar-refractivity contribution is -0.117. The van der Waals surface area contributed by atoms with E-state index in [1.807, 2.05) is 32.2 Å². The lowest BCUT2D eigenvalue weighted by atomic mass is 10.0. The van der Waals surface area contributed by atoms with Gasteiger partial charge in [-0.05, 0) is 63.8 Å². The molecule has 6 nitrogen and oxygen atoms in total. The van der Waals surface area contributed by atoms with E-state index >= 15 is 0 Å². The third kappa shape index (κ3) is 4.26. The standard InChI is InChI=1S/C17H23N3O3S2/c1-9-7-10(2)13(5)15(12(9)4)25(22,23)20-14(6)16(21)19-17-18-11(3)8-24-17/h7-8,14,20H,1-6H3,(H,18,19,21)/t14-/m1/s1. The minimum atomic E-state index is -3.83. The van der Waals surface area contributed by atoms with Gasteiger partial charge in [-0.25, -0.2) is 13.4 Å². The minimum absolute atomic E-state index is 0.245. The zero-order chi connectivity index (χ0) is 18.9. The Balaban J connectivity index is 2.25. The minimum Gasteiger partial charge on any atom is -0.301 e. The number of hydrogen-bond acceptors (Lipinski definition) is 5. The van der Waals surface area contributed by atoms with E-state index in [-0.39, 0.29) is 4.90 Å². The Labute approximate surface area is 152 Å². The number of rotatable bonds is 5. The van der Waals surface area contributed by atoms with Gasteiger partial charge in [0.05, 0.1) is 16.6 Å². The first-order valence-electron chi connectivity index (χ1n) is 7.85. The number of nitrogens with one attached hydrogen (secondary N) is 2. The highest BCUT2D eigenvalue weighted by atomic mass is 32.2. The molecule has 136 valence electrons. The summed E-state index contributed by atoms with van der Waals surface area (Å²) in [6.45, 7) is 10.6. The van der Waals surface area contributed by atoms with Crippen LogP contribution in [0.1, 0.15) is 34.9 Å². The summed E-state index contributed by atoms with van der Waals surface area (Å²) in [5.74, 6) is -0.447. The Kier molecular flexibility index (Phi) is 5.65. The molecule has 1 heterocycles. The highest BCUT2D eigenvalue weighted by molar-refractivity contribution is 7.89. The van der Waals surface area contributed by atoms with Gasteiger partial charge in [0.1, 0.15) is 0 Å². The molecular weight excluding hydrogens is 358 g/mol. The summed E-state index contributed by atoms with van der Waals surface area (Å²) in [7, 11) is -3.83. The summed E-state index contributed by atoms with van der Waals surface area (Å²) in [5, 5.41) is 4.89. The molecule has 2 rings (SSSR count). The summed E-state index contributed by atoms with van der Waals surface area (Å²) in [5.41, 5.74) is 3.99. The van der Waals surface area contributed by atoms with Crippen molar-refractivity contribution in [1.29, 1.82) is 0 Å². The van der Waals surface area contributed by atoms with Crippen molar-refractivity contribution < 1.29 is 13.2 Å². The highest BCUT2D eigenvalue weighted by Gasteiger charge is 2.26. The number of anilines is 1. The normalized spacial score (nSPS) is 12.9. The Morgan fingerprint density at radius 1 is 1.12 bits per heavy atom. The van der Waals surface area contributed by atoms with E-state index < -0.39 is 22.0 Å². The van der Waals surface area contributed by atoms with Crippen molar-refractivity contribution >= 4 is 32.4 Å². The molecule has 8 heteroatoms. The number of nitrogens with zero attached hydrogens (tertiary/aromatic N) is 1. The van der Waals surface area contributed by atoms with Crippen molar-refractivity contribution in [3.05, 3.63) is 39.4 Å². The van der Waals surface area contributed by atoms with Crippen LogP contribution in [0, 0.1) is 34.6 Å². The van der Waals surface area contributed by atoms with Crippen molar-refractivity contribution in [2.45, 2.75) is 52.5 Å². The highest BCUT2D eigenvalue weighted by Crippen LogP contribution is 2.26. The van der Waals surface area contributed by atoms with E-state index in [0.29, 0.717) is 16.3 Å². The van der Waals surface area contributed by atoms with Crippen molar-refractivity contribution in [1.82, 2.24) is 9.71 Å². The van der Waals surface area contributed by atoms with E-state index in [4.69, 9.17) is 0 Å². The molecule has 0 aliphatic carbocycles. The first-order valence-corrected chi connectivity index (χ1v) is 10.2. The van der Waals surface area contributed by atoms with E-state index in [9.17, 15) is 13.2 Å². The first kappa shape index (κ1) is 19.6. The van der Waals surface area contributed by atoms with Crippen LogP contribution in [0.25, 0.3) is 0 Å². The second kappa shape index (κ2) is 7.23. The number of sulfonamides is 1. The second-order valence-electron chi connectivity index (χ2n) is 6.22. The van der Waals surface area contributed by atoms with Crippen molar-refractivity contribution in [2.75, 3.05) is 5.32 Å². The fourth-order valence-corrected chi connectivity index (χ4v) is 5.06. The number of thiazole rings is 1. The maximum absolute atomic E-state index is 12.8. The van der Waals surface area contributed by atoms with Gasteiger partial charge in [0.25, 0.3) is 0 Å². The molecule has 0 saturated heterocycles. The molecule has 1 amide bonds. The fourth-order valence-electron chi connectivity index (χ4n) is 2.55. The van der Waals surface area contributed by atoms with Gasteiger partial charge >= 0.3 is 0 Å². The molecule has 1 atom stereocenters. The Bertz CT molecular complexity index is 891. The number of aromatic nitrogens is 1. The van der Waals surface area contributed by atoms with Gasteiger partial charge in [0.15, 0.2) is 5.13 Å². The molecule has 0 radical (unpaired) electrons. The van der Waals surface area contributed by atoms with Crippen LogP contribution in [0.3, 0.4) is 0 Å². The molecular formula is C17H23N3O3S2. The summed E-state index contributed by atoms with van der Waals surface area (Å²) in [6.07, 6.45) is 0. The topological polar surface area (TPSA) is 88.2 Å². The van der Waals surface area contributed by atoms with Gasteiger partial charge in [-0.15, -0.1) is 11.3 Å². The summed E-state index contributed by atoms with van der Waals surface area (Å²) >= 11 is 1.30. The number of hydrogen-bond donors (Lipinski definition) is 2. The number of amides is 1. The average Bonchev–Trinajstić information content (AvgIpc) is 2.89.